The zero-order chi connectivity index (χ0) is 16.0. The third-order valence-electron chi connectivity index (χ3n) is 8.52. The Hall–Kier alpha value is -1.06. The number of hydrogen-bond donors (Lipinski definition) is 3. The molecule has 3 nitrogen and oxygen atoms in total. The molecule has 23 heavy (non-hydrogen) atoms. The van der Waals surface area contributed by atoms with E-state index in [4.69, 9.17) is 0 Å². The SMILES string of the molecule is C[C@]12CC[C@@H]3c4ccc(O)cc4CC[C@H]3[C@]13CC[C@]2(O)[C@H](O)C3. The van der Waals surface area contributed by atoms with E-state index in [2.05, 4.69) is 13.0 Å². The van der Waals surface area contributed by atoms with Gasteiger partial charge in [-0.05, 0) is 85.5 Å². The van der Waals surface area contributed by atoms with Crippen LogP contribution < -0.4 is 0 Å². The minimum Gasteiger partial charge on any atom is -0.508 e. The van der Waals surface area contributed by atoms with Crippen molar-refractivity contribution in [2.45, 2.75) is 69.5 Å². The summed E-state index contributed by atoms with van der Waals surface area (Å²) in [4.78, 5) is 0. The van der Waals surface area contributed by atoms with Gasteiger partial charge in [-0.3, -0.25) is 0 Å². The van der Waals surface area contributed by atoms with E-state index in [9.17, 15) is 15.3 Å². The van der Waals surface area contributed by atoms with Crippen LogP contribution in [0.15, 0.2) is 18.2 Å². The quantitative estimate of drug-likeness (QED) is 0.689. The van der Waals surface area contributed by atoms with Gasteiger partial charge in [0.2, 0.25) is 0 Å². The number of aliphatic hydroxyl groups is 2. The molecule has 5 rings (SSSR count). The van der Waals surface area contributed by atoms with Crippen LogP contribution in [-0.2, 0) is 6.42 Å². The van der Waals surface area contributed by atoms with Crippen molar-refractivity contribution in [1.29, 1.82) is 0 Å². The molecule has 3 fully saturated rings. The molecule has 1 aromatic rings. The molecule has 0 aromatic heterocycles. The third kappa shape index (κ3) is 1.41. The summed E-state index contributed by atoms with van der Waals surface area (Å²) < 4.78 is 0. The zero-order valence-corrected chi connectivity index (χ0v) is 13.8. The van der Waals surface area contributed by atoms with Crippen molar-refractivity contribution in [3.63, 3.8) is 0 Å². The number of benzene rings is 1. The lowest BCUT2D eigenvalue weighted by Crippen LogP contribution is -2.53. The largest absolute Gasteiger partial charge is 0.508 e. The summed E-state index contributed by atoms with van der Waals surface area (Å²) in [5.74, 6) is 1.46. The van der Waals surface area contributed by atoms with Gasteiger partial charge in [-0.1, -0.05) is 13.0 Å². The molecule has 4 aliphatic carbocycles. The smallest absolute Gasteiger partial charge is 0.115 e. The Labute approximate surface area is 137 Å². The Morgan fingerprint density at radius 1 is 1.13 bits per heavy atom. The topological polar surface area (TPSA) is 60.7 Å². The minimum absolute atomic E-state index is 0.0969. The van der Waals surface area contributed by atoms with Gasteiger partial charge in [-0.15, -0.1) is 0 Å². The van der Waals surface area contributed by atoms with E-state index < -0.39 is 11.7 Å². The molecule has 3 saturated carbocycles. The van der Waals surface area contributed by atoms with Crippen molar-refractivity contribution in [3.05, 3.63) is 29.3 Å². The van der Waals surface area contributed by atoms with Crippen LogP contribution in [-0.4, -0.2) is 27.0 Å². The van der Waals surface area contributed by atoms with Gasteiger partial charge < -0.3 is 15.3 Å². The number of phenolic OH excluding ortho intramolecular Hbond substituents is 1. The van der Waals surface area contributed by atoms with Gasteiger partial charge in [-0.2, -0.15) is 0 Å². The highest BCUT2D eigenvalue weighted by Gasteiger charge is 2.76. The molecule has 2 bridgehead atoms. The number of phenols is 1. The Morgan fingerprint density at radius 2 is 1.96 bits per heavy atom. The number of fused-ring (bicyclic) bond motifs is 3. The van der Waals surface area contributed by atoms with Crippen LogP contribution in [0.3, 0.4) is 0 Å². The second-order valence-electron chi connectivity index (χ2n) is 8.81. The Balaban J connectivity index is 1.63. The lowest BCUT2D eigenvalue weighted by Gasteiger charge is -2.56. The van der Waals surface area contributed by atoms with Crippen LogP contribution >= 0.6 is 0 Å². The number of hydrogen-bond acceptors (Lipinski definition) is 3. The first kappa shape index (κ1) is 14.3. The fraction of sp³-hybridized carbons (Fsp3) is 0.700. The minimum atomic E-state index is -0.868. The van der Waals surface area contributed by atoms with Gasteiger partial charge in [0.15, 0.2) is 0 Å². The molecule has 1 aromatic carbocycles. The summed E-state index contributed by atoms with van der Waals surface area (Å²) in [6, 6.07) is 5.87. The highest BCUT2D eigenvalue weighted by molar-refractivity contribution is 5.41. The molecular weight excluding hydrogens is 288 g/mol. The summed E-state index contributed by atoms with van der Waals surface area (Å²) in [6.45, 7) is 2.25. The van der Waals surface area contributed by atoms with Crippen LogP contribution in [0, 0.1) is 16.7 Å². The molecule has 0 amide bonds. The molecule has 0 saturated heterocycles. The monoisotopic (exact) mass is 314 g/mol. The second kappa shape index (κ2) is 4.12. The lowest BCUT2D eigenvalue weighted by molar-refractivity contribution is -0.129. The molecule has 0 heterocycles. The second-order valence-corrected chi connectivity index (χ2v) is 8.81. The first-order valence-electron chi connectivity index (χ1n) is 9.14. The number of aromatic hydroxyl groups is 1. The van der Waals surface area contributed by atoms with E-state index in [1.54, 1.807) is 0 Å². The van der Waals surface area contributed by atoms with Crippen molar-refractivity contribution in [3.8, 4) is 5.75 Å². The summed E-state index contributed by atoms with van der Waals surface area (Å²) in [5.41, 5.74) is 1.81. The molecule has 4 aliphatic rings. The average molecular weight is 314 g/mol. The fourth-order valence-corrected chi connectivity index (χ4v) is 7.34. The van der Waals surface area contributed by atoms with Crippen LogP contribution in [0.4, 0.5) is 0 Å². The molecule has 0 spiro atoms. The third-order valence-corrected chi connectivity index (χ3v) is 8.52. The molecular formula is C20H26O3. The normalized spacial score (nSPS) is 50.3. The molecule has 6 atom stereocenters. The molecule has 0 aliphatic heterocycles. The van der Waals surface area contributed by atoms with E-state index >= 15 is 0 Å². The standard InChI is InChI=1S/C20H26O3/c1-18-7-6-15-14-4-3-13(21)10-12(14)2-5-16(15)19(18)8-9-20(18,23)17(22)11-19/h3-4,10,15-17,21-23H,2,5-9,11H2,1H3/t15-,16-,17-,18+,19-,20+/m1/s1. The Morgan fingerprint density at radius 3 is 2.74 bits per heavy atom. The van der Waals surface area contributed by atoms with Crippen LogP contribution in [0.2, 0.25) is 0 Å². The molecule has 3 heteroatoms. The van der Waals surface area contributed by atoms with Crippen LogP contribution in [0.1, 0.15) is 62.5 Å². The van der Waals surface area contributed by atoms with Crippen molar-refractivity contribution in [2.24, 2.45) is 16.7 Å². The van der Waals surface area contributed by atoms with E-state index in [-0.39, 0.29) is 10.8 Å². The highest BCUT2D eigenvalue weighted by Crippen LogP contribution is 2.77. The Bertz CT molecular complexity index is 685. The van der Waals surface area contributed by atoms with Crippen molar-refractivity contribution in [1.82, 2.24) is 0 Å². The number of rotatable bonds is 0. The van der Waals surface area contributed by atoms with Gasteiger partial charge in [0.1, 0.15) is 5.75 Å². The zero-order valence-electron chi connectivity index (χ0n) is 13.8. The highest BCUT2D eigenvalue weighted by atomic mass is 16.3. The maximum absolute atomic E-state index is 11.2. The number of aliphatic hydroxyl groups excluding tert-OH is 1. The summed E-state index contributed by atoms with van der Waals surface area (Å²) >= 11 is 0. The Kier molecular flexibility index (Phi) is 2.56. The van der Waals surface area contributed by atoms with Crippen molar-refractivity contribution >= 4 is 0 Å². The van der Waals surface area contributed by atoms with Crippen molar-refractivity contribution < 1.29 is 15.3 Å². The number of aryl methyl sites for hydroxylation is 1. The lowest BCUT2D eigenvalue weighted by atomic mass is 9.48. The van der Waals surface area contributed by atoms with E-state index in [0.29, 0.717) is 17.6 Å². The van der Waals surface area contributed by atoms with Crippen LogP contribution in [0.25, 0.3) is 0 Å². The molecule has 3 N–H and O–H groups in total. The van der Waals surface area contributed by atoms with Gasteiger partial charge in [-0.25, -0.2) is 0 Å². The summed E-state index contributed by atoms with van der Waals surface area (Å²) in [6.07, 6.45) is 6.27. The summed E-state index contributed by atoms with van der Waals surface area (Å²) in [7, 11) is 0. The first-order valence-corrected chi connectivity index (χ1v) is 9.14. The van der Waals surface area contributed by atoms with Gasteiger partial charge >= 0.3 is 0 Å². The maximum atomic E-state index is 11.2. The van der Waals surface area contributed by atoms with E-state index in [0.717, 1.165) is 44.9 Å². The van der Waals surface area contributed by atoms with Gasteiger partial charge in [0.05, 0.1) is 11.7 Å². The maximum Gasteiger partial charge on any atom is 0.115 e. The van der Waals surface area contributed by atoms with Gasteiger partial charge in [0, 0.05) is 5.41 Å². The first-order chi connectivity index (χ1) is 10.9. The molecule has 0 unspecified atom stereocenters. The molecule has 124 valence electrons. The van der Waals surface area contributed by atoms with Gasteiger partial charge in [0.25, 0.3) is 0 Å². The predicted molar refractivity (Wildman–Crippen MR) is 87.2 cm³/mol. The summed E-state index contributed by atoms with van der Waals surface area (Å²) in [5, 5.41) is 31.6. The average Bonchev–Trinajstić information content (AvgIpc) is 2.86. The van der Waals surface area contributed by atoms with E-state index in [1.807, 2.05) is 12.1 Å². The van der Waals surface area contributed by atoms with Crippen molar-refractivity contribution in [2.75, 3.05) is 0 Å². The van der Waals surface area contributed by atoms with E-state index in [1.165, 1.54) is 11.1 Å². The molecule has 0 radical (unpaired) electrons. The predicted octanol–water partition coefficient (Wildman–Crippen LogP) is 3.11. The fourth-order valence-electron chi connectivity index (χ4n) is 7.34. The van der Waals surface area contributed by atoms with Crippen LogP contribution in [0.5, 0.6) is 5.75 Å².